The van der Waals surface area contributed by atoms with Gasteiger partial charge in [-0.05, 0) is 131 Å². The number of imide groups is 1. The number of piperidine rings is 2. The van der Waals surface area contributed by atoms with Crippen molar-refractivity contribution in [2.24, 2.45) is 18.9 Å². The number of amides is 4. The van der Waals surface area contributed by atoms with Crippen molar-refractivity contribution in [3.8, 4) is 0 Å². The first-order valence-corrected chi connectivity index (χ1v) is 24.9. The molecular formula is C51H60Cl2FN7O5. The zero-order valence-electron chi connectivity index (χ0n) is 37.9. The second-order valence-corrected chi connectivity index (χ2v) is 21.0. The molecule has 1 aromatic heterocycles. The SMILES string of the molecule is CN1[C@@H](CNC2CCC(C(=O)N3CCC(CCc4ccc5c(c4)n(C)c(=O)n5C4CCC(=O)NC4=O)CC3)CC2)[C@H](c2cccc(Cl)c2F)[C@]2(C(=O)Nc3cc(Cl)ccc32)C12CCCCC2. The van der Waals surface area contributed by atoms with Crippen LogP contribution in [0.25, 0.3) is 11.0 Å². The second-order valence-electron chi connectivity index (χ2n) is 20.1. The number of nitrogens with one attached hydrogen (secondary N) is 3. The summed E-state index contributed by atoms with van der Waals surface area (Å²) < 4.78 is 19.6. The summed E-state index contributed by atoms with van der Waals surface area (Å²) >= 11 is 13.0. The molecule has 4 aromatic rings. The van der Waals surface area contributed by atoms with E-state index >= 15 is 4.39 Å². The fourth-order valence-corrected chi connectivity index (χ4v) is 13.9. The zero-order valence-corrected chi connectivity index (χ0v) is 39.4. The quantitative estimate of drug-likeness (QED) is 0.146. The van der Waals surface area contributed by atoms with Gasteiger partial charge in [-0.25, -0.2) is 9.18 Å². The van der Waals surface area contributed by atoms with Crippen molar-refractivity contribution in [1.82, 2.24) is 29.6 Å². The molecule has 4 aliphatic heterocycles. The summed E-state index contributed by atoms with van der Waals surface area (Å²) in [6, 6.07) is 16.1. The molecule has 12 nitrogen and oxygen atoms in total. The number of likely N-dealkylation sites (N-methyl/N-ethyl adjacent to an activating group) is 1. The van der Waals surface area contributed by atoms with E-state index in [-0.39, 0.29) is 52.9 Å². The average molecular weight is 941 g/mol. The van der Waals surface area contributed by atoms with Gasteiger partial charge in [-0.1, -0.05) is 66.7 Å². The number of aryl methyl sites for hydroxylation is 2. The minimum Gasteiger partial charge on any atom is -0.342 e. The molecule has 5 heterocycles. The average Bonchev–Trinajstić information content (AvgIpc) is 3.83. The molecule has 2 spiro atoms. The highest BCUT2D eigenvalue weighted by Gasteiger charge is 2.73. The number of fused-ring (bicyclic) bond motifs is 4. The van der Waals surface area contributed by atoms with Crippen LogP contribution in [0.1, 0.15) is 119 Å². The van der Waals surface area contributed by atoms with Crippen LogP contribution in [0.3, 0.4) is 0 Å². The molecule has 10 rings (SSSR count). The maximum atomic E-state index is 16.5. The normalized spacial score (nSPS) is 28.0. The summed E-state index contributed by atoms with van der Waals surface area (Å²) in [5.41, 5.74) is 2.77. The Morgan fingerprint density at radius 1 is 0.864 bits per heavy atom. The summed E-state index contributed by atoms with van der Waals surface area (Å²) in [5.74, 6) is -1.09. The number of anilines is 1. The van der Waals surface area contributed by atoms with Crippen LogP contribution in [-0.4, -0.2) is 86.9 Å². The topological polar surface area (TPSA) is 138 Å². The number of carbonyl (C=O) groups is 4. The Hall–Kier alpha value is -4.56. The lowest BCUT2D eigenvalue weighted by molar-refractivity contribution is -0.138. The van der Waals surface area contributed by atoms with Crippen molar-refractivity contribution < 1.29 is 23.6 Å². The zero-order chi connectivity index (χ0) is 46.1. The van der Waals surface area contributed by atoms with Gasteiger partial charge >= 0.3 is 5.69 Å². The van der Waals surface area contributed by atoms with Gasteiger partial charge in [0.25, 0.3) is 0 Å². The van der Waals surface area contributed by atoms with E-state index < -0.39 is 34.6 Å². The Morgan fingerprint density at radius 3 is 2.36 bits per heavy atom. The Kier molecular flexibility index (Phi) is 12.2. The molecule has 3 saturated heterocycles. The Balaban J connectivity index is 0.767. The third kappa shape index (κ3) is 7.42. The number of rotatable bonds is 9. The number of benzene rings is 3. The van der Waals surface area contributed by atoms with Crippen LogP contribution < -0.4 is 21.6 Å². The minimum atomic E-state index is -1.05. The lowest BCUT2D eigenvalue weighted by atomic mass is 9.55. The summed E-state index contributed by atoms with van der Waals surface area (Å²) in [6.07, 6.45) is 12.3. The number of imidazole rings is 1. The molecule has 66 heavy (non-hydrogen) atoms. The summed E-state index contributed by atoms with van der Waals surface area (Å²) in [4.78, 5) is 70.9. The largest absolute Gasteiger partial charge is 0.342 e. The molecule has 5 fully saturated rings. The van der Waals surface area contributed by atoms with Crippen molar-refractivity contribution in [3.05, 3.63) is 97.6 Å². The van der Waals surface area contributed by atoms with Gasteiger partial charge < -0.3 is 15.5 Å². The monoisotopic (exact) mass is 939 g/mol. The van der Waals surface area contributed by atoms with Gasteiger partial charge in [-0.15, -0.1) is 0 Å². The Labute approximate surface area is 394 Å². The number of likely N-dealkylation sites (tertiary alicyclic amines) is 2. The lowest BCUT2D eigenvalue weighted by Crippen LogP contribution is -2.60. The number of nitrogens with zero attached hydrogens (tertiary/aromatic N) is 4. The highest BCUT2D eigenvalue weighted by atomic mass is 35.5. The first-order valence-electron chi connectivity index (χ1n) is 24.2. The van der Waals surface area contributed by atoms with Crippen LogP contribution in [-0.2, 0) is 38.1 Å². The van der Waals surface area contributed by atoms with Crippen LogP contribution in [0, 0.1) is 17.7 Å². The van der Waals surface area contributed by atoms with Crippen LogP contribution in [0.4, 0.5) is 10.1 Å². The Bertz CT molecular complexity index is 2650. The molecule has 15 heteroatoms. The standard InChI is InChI=1S/C51H60Cl2FN7O5/c1-58-41-27-31(11-18-39(41)61(49(58)66)40-19-20-43(62)57-46(40)63)10-9-30-21-25-60(26-22-30)47(64)32-12-15-34(16-13-32)55-29-42-44(35-7-6-8-37(53)45(35)54)51(50(59(42)2)23-4-3-5-24-50)36-17-14-33(52)28-38(36)56-48(51)65/h6-8,11,14,17-18,27-28,30,32,34,40,42,44,55H,3-5,9-10,12-13,15-16,19-26,29H2,1-2H3,(H,56,65)(H,57,62,63)/t32?,34?,40?,42-,44-,51+/m0/s1. The molecule has 2 aliphatic carbocycles. The summed E-state index contributed by atoms with van der Waals surface area (Å²) in [7, 11) is 3.86. The van der Waals surface area contributed by atoms with Crippen LogP contribution in [0.5, 0.6) is 0 Å². The van der Waals surface area contributed by atoms with Crippen LogP contribution >= 0.6 is 23.2 Å². The van der Waals surface area contributed by atoms with E-state index in [9.17, 15) is 24.0 Å². The highest BCUT2D eigenvalue weighted by Crippen LogP contribution is 2.66. The first kappa shape index (κ1) is 45.2. The van der Waals surface area contributed by atoms with E-state index in [4.69, 9.17) is 23.2 Å². The van der Waals surface area contributed by atoms with Gasteiger partial charge in [0.15, 0.2) is 0 Å². The van der Waals surface area contributed by atoms with E-state index in [1.807, 2.05) is 42.5 Å². The van der Waals surface area contributed by atoms with Gasteiger partial charge in [0.2, 0.25) is 23.6 Å². The first-order chi connectivity index (χ1) is 31.8. The number of aromatic nitrogens is 2. The molecule has 3 aromatic carbocycles. The highest BCUT2D eigenvalue weighted by molar-refractivity contribution is 6.31. The van der Waals surface area contributed by atoms with Crippen molar-refractivity contribution >= 4 is 63.6 Å². The fourth-order valence-electron chi connectivity index (χ4n) is 13.5. The third-order valence-corrected chi connectivity index (χ3v) is 17.4. The molecule has 4 atom stereocenters. The van der Waals surface area contributed by atoms with Crippen LogP contribution in [0.2, 0.25) is 10.0 Å². The predicted octanol–water partition coefficient (Wildman–Crippen LogP) is 7.77. The maximum Gasteiger partial charge on any atom is 0.329 e. The van der Waals surface area contributed by atoms with Gasteiger partial charge in [0.1, 0.15) is 17.3 Å². The van der Waals surface area contributed by atoms with Crippen molar-refractivity contribution in [3.63, 3.8) is 0 Å². The van der Waals surface area contributed by atoms with Crippen LogP contribution in [0.15, 0.2) is 59.4 Å². The van der Waals surface area contributed by atoms with Gasteiger partial charge in [0, 0.05) is 73.3 Å². The minimum absolute atomic E-state index is 0.00722. The summed E-state index contributed by atoms with van der Waals surface area (Å²) in [6.45, 7) is 2.07. The lowest BCUT2D eigenvalue weighted by Gasteiger charge is -2.50. The molecule has 2 saturated carbocycles. The predicted molar refractivity (Wildman–Crippen MR) is 253 cm³/mol. The van der Waals surface area contributed by atoms with E-state index in [1.165, 1.54) is 4.57 Å². The van der Waals surface area contributed by atoms with Crippen molar-refractivity contribution in [2.75, 3.05) is 32.0 Å². The van der Waals surface area contributed by atoms with E-state index in [2.05, 4.69) is 32.8 Å². The van der Waals surface area contributed by atoms with Gasteiger partial charge in [-0.2, -0.15) is 0 Å². The molecule has 0 radical (unpaired) electrons. The van der Waals surface area contributed by atoms with Gasteiger partial charge in [-0.3, -0.25) is 38.5 Å². The number of carbonyl (C=O) groups excluding carboxylic acids is 4. The molecular weight excluding hydrogens is 881 g/mol. The number of hydrogen-bond acceptors (Lipinski definition) is 7. The molecule has 1 unspecified atom stereocenters. The van der Waals surface area contributed by atoms with Gasteiger partial charge in [0.05, 0.1) is 16.1 Å². The molecule has 350 valence electrons. The molecule has 3 N–H and O–H groups in total. The molecule has 6 aliphatic rings. The fraction of sp³-hybridized carbons (Fsp3) is 0.549. The molecule has 4 amide bonds. The molecule has 0 bridgehead atoms. The smallest absolute Gasteiger partial charge is 0.329 e. The van der Waals surface area contributed by atoms with E-state index in [0.717, 1.165) is 113 Å². The van der Waals surface area contributed by atoms with E-state index in [0.29, 0.717) is 40.7 Å². The Morgan fingerprint density at radius 2 is 1.62 bits per heavy atom. The number of hydrogen-bond donors (Lipinski definition) is 3. The van der Waals surface area contributed by atoms with E-state index in [1.54, 1.807) is 23.7 Å². The summed E-state index contributed by atoms with van der Waals surface area (Å²) in [5, 5.41) is 10.1. The maximum absolute atomic E-state index is 16.5. The third-order valence-electron chi connectivity index (χ3n) is 16.9. The second kappa shape index (κ2) is 17.8. The number of halogens is 3. The van der Waals surface area contributed by atoms with Crippen molar-refractivity contribution in [2.45, 2.75) is 131 Å². The van der Waals surface area contributed by atoms with Crippen molar-refractivity contribution in [1.29, 1.82) is 0 Å².